The molecule has 2 rings (SSSR count). The van der Waals surface area contributed by atoms with Gasteiger partial charge in [-0.15, -0.1) is 0 Å². The summed E-state index contributed by atoms with van der Waals surface area (Å²) < 4.78 is 5.66. The van der Waals surface area contributed by atoms with Gasteiger partial charge in [0.2, 0.25) is 0 Å². The van der Waals surface area contributed by atoms with Crippen molar-refractivity contribution < 1.29 is 9.84 Å². The van der Waals surface area contributed by atoms with Crippen molar-refractivity contribution >= 4 is 39.4 Å². The van der Waals surface area contributed by atoms with Gasteiger partial charge in [0.1, 0.15) is 0 Å². The van der Waals surface area contributed by atoms with E-state index in [-0.39, 0.29) is 5.75 Å². The number of rotatable bonds is 3. The van der Waals surface area contributed by atoms with Crippen LogP contribution >= 0.6 is 27.5 Å². The van der Waals surface area contributed by atoms with Gasteiger partial charge in [-0.25, -0.2) is 0 Å². The number of hydrogen-bond acceptors (Lipinski definition) is 3. The van der Waals surface area contributed by atoms with Crippen LogP contribution in [-0.4, -0.2) is 18.4 Å². The van der Waals surface area contributed by atoms with Gasteiger partial charge in [-0.1, -0.05) is 17.7 Å². The Morgan fingerprint density at radius 3 is 2.75 bits per heavy atom. The number of phenols is 1. The zero-order valence-corrected chi connectivity index (χ0v) is 13.4. The highest BCUT2D eigenvalue weighted by molar-refractivity contribution is 9.10. The van der Waals surface area contributed by atoms with Gasteiger partial charge in [0.05, 0.1) is 17.3 Å². The zero-order chi connectivity index (χ0) is 14.7. The Labute approximate surface area is 131 Å². The van der Waals surface area contributed by atoms with Crippen molar-refractivity contribution in [1.82, 2.24) is 0 Å². The molecule has 0 spiro atoms. The summed E-state index contributed by atoms with van der Waals surface area (Å²) in [6, 6.07) is 9.03. The second kappa shape index (κ2) is 6.29. The highest BCUT2D eigenvalue weighted by Gasteiger charge is 2.07. The maximum absolute atomic E-state index is 9.75. The molecule has 0 aliphatic rings. The third-order valence-corrected chi connectivity index (χ3v) is 3.63. The van der Waals surface area contributed by atoms with Crippen molar-refractivity contribution in [3.8, 4) is 11.5 Å². The SMILES string of the molecule is COc1cc(C=Nc2cc(Cl)ccc2C)cc(Br)c1O. The average molecular weight is 355 g/mol. The van der Waals surface area contributed by atoms with E-state index in [0.29, 0.717) is 15.2 Å². The molecular formula is C15H13BrClNO2. The van der Waals surface area contributed by atoms with Crippen LogP contribution in [0.5, 0.6) is 11.5 Å². The van der Waals surface area contributed by atoms with Gasteiger partial charge in [-0.2, -0.15) is 0 Å². The molecule has 2 aromatic carbocycles. The first-order valence-corrected chi connectivity index (χ1v) is 7.05. The second-order valence-corrected chi connectivity index (χ2v) is 5.53. The minimum absolute atomic E-state index is 0.0728. The molecule has 0 aliphatic heterocycles. The summed E-state index contributed by atoms with van der Waals surface area (Å²) in [6.07, 6.45) is 1.70. The molecule has 5 heteroatoms. The molecule has 0 bridgehead atoms. The molecule has 2 aromatic rings. The lowest BCUT2D eigenvalue weighted by molar-refractivity contribution is 0.372. The number of aliphatic imine (C=N–C) groups is 1. The lowest BCUT2D eigenvalue weighted by atomic mass is 10.2. The van der Waals surface area contributed by atoms with Crippen LogP contribution in [0.4, 0.5) is 5.69 Å². The highest BCUT2D eigenvalue weighted by Crippen LogP contribution is 2.35. The molecule has 104 valence electrons. The number of aryl methyl sites for hydroxylation is 1. The predicted molar refractivity (Wildman–Crippen MR) is 85.8 cm³/mol. The van der Waals surface area contributed by atoms with Crippen LogP contribution < -0.4 is 4.74 Å². The summed E-state index contributed by atoms with van der Waals surface area (Å²) in [5.74, 6) is 0.465. The molecule has 0 radical (unpaired) electrons. The van der Waals surface area contributed by atoms with Gasteiger partial charge >= 0.3 is 0 Å². The van der Waals surface area contributed by atoms with Crippen molar-refractivity contribution in [3.05, 3.63) is 51.0 Å². The van der Waals surface area contributed by atoms with Crippen molar-refractivity contribution in [2.75, 3.05) is 7.11 Å². The summed E-state index contributed by atoms with van der Waals surface area (Å²) in [7, 11) is 1.50. The molecule has 0 aliphatic carbocycles. The van der Waals surface area contributed by atoms with Gasteiger partial charge < -0.3 is 9.84 Å². The Hall–Kier alpha value is -1.52. The van der Waals surface area contributed by atoms with E-state index in [4.69, 9.17) is 16.3 Å². The fraction of sp³-hybridized carbons (Fsp3) is 0.133. The lowest BCUT2D eigenvalue weighted by Gasteiger charge is -2.06. The molecule has 0 heterocycles. The van der Waals surface area contributed by atoms with Crippen molar-refractivity contribution in [3.63, 3.8) is 0 Å². The number of hydrogen-bond donors (Lipinski definition) is 1. The Morgan fingerprint density at radius 2 is 2.05 bits per heavy atom. The quantitative estimate of drug-likeness (QED) is 0.799. The van der Waals surface area contributed by atoms with Crippen LogP contribution in [0.25, 0.3) is 0 Å². The maximum Gasteiger partial charge on any atom is 0.172 e. The largest absolute Gasteiger partial charge is 0.503 e. The van der Waals surface area contributed by atoms with Crippen LogP contribution in [0.2, 0.25) is 5.02 Å². The van der Waals surface area contributed by atoms with Gasteiger partial charge in [-0.05, 0) is 58.2 Å². The van der Waals surface area contributed by atoms with E-state index in [1.807, 2.05) is 19.1 Å². The number of halogens is 2. The molecule has 0 unspecified atom stereocenters. The molecule has 1 N–H and O–H groups in total. The van der Waals surface area contributed by atoms with Crippen LogP contribution in [0.15, 0.2) is 39.8 Å². The van der Waals surface area contributed by atoms with Crippen LogP contribution in [0, 0.1) is 6.92 Å². The Kier molecular flexibility index (Phi) is 4.68. The number of benzene rings is 2. The number of methoxy groups -OCH3 is 1. The summed E-state index contributed by atoms with van der Waals surface area (Å²) in [5, 5.41) is 10.4. The van der Waals surface area contributed by atoms with E-state index in [0.717, 1.165) is 16.8 Å². The first-order chi connectivity index (χ1) is 9.51. The van der Waals surface area contributed by atoms with Gasteiger partial charge in [0.25, 0.3) is 0 Å². The first kappa shape index (κ1) is 14.9. The zero-order valence-electron chi connectivity index (χ0n) is 11.0. The summed E-state index contributed by atoms with van der Waals surface area (Å²) in [6.45, 7) is 1.97. The van der Waals surface area contributed by atoms with Crippen LogP contribution in [0.3, 0.4) is 0 Å². The second-order valence-electron chi connectivity index (χ2n) is 4.24. The monoisotopic (exact) mass is 353 g/mol. The minimum atomic E-state index is 0.0728. The fourth-order valence-corrected chi connectivity index (χ4v) is 2.32. The predicted octanol–water partition coefficient (Wildman–Crippen LogP) is 4.88. The molecule has 0 saturated heterocycles. The highest BCUT2D eigenvalue weighted by atomic mass is 79.9. The topological polar surface area (TPSA) is 41.8 Å². The fourth-order valence-electron chi connectivity index (χ4n) is 1.69. The van der Waals surface area contributed by atoms with E-state index in [1.54, 1.807) is 24.4 Å². The van der Waals surface area contributed by atoms with Gasteiger partial charge in [0, 0.05) is 11.2 Å². The van der Waals surface area contributed by atoms with E-state index in [9.17, 15) is 5.11 Å². The minimum Gasteiger partial charge on any atom is -0.503 e. The summed E-state index contributed by atoms with van der Waals surface area (Å²) in [5.41, 5.74) is 2.65. The van der Waals surface area contributed by atoms with Crippen LogP contribution in [-0.2, 0) is 0 Å². The van der Waals surface area contributed by atoms with Crippen molar-refractivity contribution in [2.45, 2.75) is 6.92 Å². The van der Waals surface area contributed by atoms with Gasteiger partial charge in [-0.3, -0.25) is 4.99 Å². The third-order valence-electron chi connectivity index (χ3n) is 2.79. The molecule has 0 amide bonds. The van der Waals surface area contributed by atoms with E-state index >= 15 is 0 Å². The maximum atomic E-state index is 9.75. The molecule has 0 fully saturated rings. The third kappa shape index (κ3) is 3.32. The molecule has 0 atom stereocenters. The van der Waals surface area contributed by atoms with Crippen molar-refractivity contribution in [1.29, 1.82) is 0 Å². The van der Waals surface area contributed by atoms with E-state index in [1.165, 1.54) is 7.11 Å². The molecule has 20 heavy (non-hydrogen) atoms. The standard InChI is InChI=1S/C15H13BrClNO2/c1-9-3-4-11(17)7-13(9)18-8-10-5-12(16)15(19)14(6-10)20-2/h3-8,19H,1-2H3. The Balaban J connectivity index is 2.36. The van der Waals surface area contributed by atoms with Crippen LogP contribution in [0.1, 0.15) is 11.1 Å². The van der Waals surface area contributed by atoms with E-state index in [2.05, 4.69) is 20.9 Å². The Morgan fingerprint density at radius 1 is 1.30 bits per heavy atom. The lowest BCUT2D eigenvalue weighted by Crippen LogP contribution is -1.88. The molecule has 0 saturated carbocycles. The molecular weight excluding hydrogens is 342 g/mol. The Bertz CT molecular complexity index is 671. The summed E-state index contributed by atoms with van der Waals surface area (Å²) in [4.78, 5) is 4.42. The number of aromatic hydroxyl groups is 1. The van der Waals surface area contributed by atoms with Gasteiger partial charge in [0.15, 0.2) is 11.5 Å². The summed E-state index contributed by atoms with van der Waals surface area (Å²) >= 11 is 9.24. The number of nitrogens with zero attached hydrogens (tertiary/aromatic N) is 1. The average Bonchev–Trinajstić information content (AvgIpc) is 2.43. The first-order valence-electron chi connectivity index (χ1n) is 5.88. The molecule has 3 nitrogen and oxygen atoms in total. The smallest absolute Gasteiger partial charge is 0.172 e. The molecule has 0 aromatic heterocycles. The van der Waals surface area contributed by atoms with Crippen molar-refractivity contribution in [2.24, 2.45) is 4.99 Å². The number of ether oxygens (including phenoxy) is 1. The number of phenolic OH excluding ortho intramolecular Hbond substituents is 1. The van der Waals surface area contributed by atoms with E-state index < -0.39 is 0 Å². The normalized spacial score (nSPS) is 11.0.